The molecule has 0 bridgehead atoms. The highest BCUT2D eigenvalue weighted by Gasteiger charge is 2.36. The second kappa shape index (κ2) is 6.87. The Kier molecular flexibility index (Phi) is 5.10. The first kappa shape index (κ1) is 17.1. The molecule has 0 aliphatic carbocycles. The van der Waals surface area contributed by atoms with Crippen molar-refractivity contribution in [2.45, 2.75) is 25.3 Å². The molecule has 0 spiro atoms. The zero-order valence-corrected chi connectivity index (χ0v) is 13.1. The van der Waals surface area contributed by atoms with E-state index in [1.165, 1.54) is 23.6 Å². The number of carboxylic acid groups (broad SMARTS) is 1. The van der Waals surface area contributed by atoms with Gasteiger partial charge < -0.3 is 10.4 Å². The smallest absolute Gasteiger partial charge is 0.336 e. The van der Waals surface area contributed by atoms with Crippen LogP contribution in [0.3, 0.4) is 0 Å². The molecular weight excluding hydrogens is 324 g/mol. The fraction of sp³-hybridized carbons (Fsp3) is 0.250. The van der Waals surface area contributed by atoms with Crippen LogP contribution in [-0.4, -0.2) is 22.9 Å². The number of benzene rings is 1. The number of hydrogen-bond acceptors (Lipinski definition) is 3. The van der Waals surface area contributed by atoms with Crippen LogP contribution < -0.4 is 5.32 Å². The summed E-state index contributed by atoms with van der Waals surface area (Å²) in [7, 11) is 0. The predicted octanol–water partition coefficient (Wildman–Crippen LogP) is 3.50. The largest absolute Gasteiger partial charge is 0.478 e. The zero-order chi connectivity index (χ0) is 17.0. The predicted molar refractivity (Wildman–Crippen MR) is 82.9 cm³/mol. The number of aromatic carboxylic acids is 1. The molecule has 1 unspecified atom stereocenters. The molecule has 0 fully saturated rings. The number of halogens is 2. The molecule has 1 aromatic heterocycles. The second-order valence-electron chi connectivity index (χ2n) is 5.15. The molecule has 0 aliphatic rings. The third-order valence-corrected chi connectivity index (χ3v) is 4.12. The summed E-state index contributed by atoms with van der Waals surface area (Å²) in [6.07, 6.45) is -0.142. The minimum Gasteiger partial charge on any atom is -0.478 e. The molecule has 1 amide bonds. The maximum absolute atomic E-state index is 13.8. The highest BCUT2D eigenvalue weighted by atomic mass is 32.1. The van der Waals surface area contributed by atoms with Crippen LogP contribution in [0, 0.1) is 0 Å². The minimum absolute atomic E-state index is 0.0817. The van der Waals surface area contributed by atoms with E-state index < -0.39 is 23.8 Å². The maximum atomic E-state index is 13.8. The Hall–Kier alpha value is -2.28. The van der Waals surface area contributed by atoms with Gasteiger partial charge in [-0.15, -0.1) is 11.3 Å². The summed E-state index contributed by atoms with van der Waals surface area (Å²) < 4.78 is 27.6. The first-order chi connectivity index (χ1) is 10.8. The van der Waals surface area contributed by atoms with Crippen LogP contribution in [0.25, 0.3) is 0 Å². The number of carbonyl (C=O) groups is 2. The van der Waals surface area contributed by atoms with E-state index in [9.17, 15) is 18.4 Å². The third-order valence-electron chi connectivity index (χ3n) is 3.18. The Labute approximate surface area is 135 Å². The lowest BCUT2D eigenvalue weighted by molar-refractivity contribution is -0.124. The van der Waals surface area contributed by atoms with E-state index in [1.807, 2.05) is 0 Å². The normalized spacial score (nSPS) is 12.7. The molecule has 1 atom stereocenters. The zero-order valence-electron chi connectivity index (χ0n) is 12.3. The quantitative estimate of drug-likeness (QED) is 0.846. The summed E-state index contributed by atoms with van der Waals surface area (Å²) in [5.74, 6) is -4.80. The molecule has 0 saturated heterocycles. The number of alkyl halides is 2. The lowest BCUT2D eigenvalue weighted by Gasteiger charge is -2.25. The van der Waals surface area contributed by atoms with Gasteiger partial charge >= 0.3 is 5.97 Å². The summed E-state index contributed by atoms with van der Waals surface area (Å²) in [4.78, 5) is 23.3. The van der Waals surface area contributed by atoms with Crippen molar-refractivity contribution in [1.29, 1.82) is 0 Å². The number of carbonyl (C=O) groups excluding carboxylic acids is 1. The molecule has 0 radical (unpaired) electrons. The van der Waals surface area contributed by atoms with Crippen molar-refractivity contribution < 1.29 is 23.5 Å². The standard InChI is InChI=1S/C16H15F2NO3S/c1-16(17,18)14(10-5-3-2-4-6-10)19-13(20)8-12-7-11(9-23-12)15(21)22/h2-7,9,14H,8H2,1H3,(H,19,20)(H,21,22). The molecule has 1 heterocycles. The average molecular weight is 339 g/mol. The van der Waals surface area contributed by atoms with Crippen molar-refractivity contribution in [3.63, 3.8) is 0 Å². The summed E-state index contributed by atoms with van der Waals surface area (Å²) in [6, 6.07) is 7.93. The first-order valence-corrected chi connectivity index (χ1v) is 7.68. The monoisotopic (exact) mass is 339 g/mol. The van der Waals surface area contributed by atoms with Gasteiger partial charge in [-0.05, 0) is 11.6 Å². The van der Waals surface area contributed by atoms with Crippen molar-refractivity contribution >= 4 is 23.2 Å². The van der Waals surface area contributed by atoms with Crippen LogP contribution in [0.4, 0.5) is 8.78 Å². The number of thiophene rings is 1. The molecule has 4 nitrogen and oxygen atoms in total. The van der Waals surface area contributed by atoms with Crippen LogP contribution in [0.2, 0.25) is 0 Å². The van der Waals surface area contributed by atoms with Gasteiger partial charge in [-0.25, -0.2) is 13.6 Å². The van der Waals surface area contributed by atoms with Gasteiger partial charge in [-0.3, -0.25) is 4.79 Å². The maximum Gasteiger partial charge on any atom is 0.336 e. The second-order valence-corrected chi connectivity index (χ2v) is 6.15. The van der Waals surface area contributed by atoms with E-state index in [2.05, 4.69) is 5.32 Å². The molecular formula is C16H15F2NO3S. The van der Waals surface area contributed by atoms with E-state index in [0.717, 1.165) is 18.3 Å². The number of nitrogens with one attached hydrogen (secondary N) is 1. The third kappa shape index (κ3) is 4.59. The van der Waals surface area contributed by atoms with Crippen LogP contribution in [0.5, 0.6) is 0 Å². The molecule has 0 saturated carbocycles. The molecule has 2 N–H and O–H groups in total. The van der Waals surface area contributed by atoms with Gasteiger partial charge in [-0.2, -0.15) is 0 Å². The highest BCUT2D eigenvalue weighted by Crippen LogP contribution is 2.30. The van der Waals surface area contributed by atoms with Gasteiger partial charge in [0.1, 0.15) is 6.04 Å². The molecule has 2 aromatic rings. The minimum atomic E-state index is -3.13. The van der Waals surface area contributed by atoms with Gasteiger partial charge in [-0.1, -0.05) is 30.3 Å². The SMILES string of the molecule is CC(F)(F)C(NC(=O)Cc1cc(C(=O)O)cs1)c1ccccc1. The number of carboxylic acids is 1. The van der Waals surface area contributed by atoms with Crippen LogP contribution in [0.15, 0.2) is 41.8 Å². The number of rotatable bonds is 6. The molecule has 2 rings (SSSR count). The number of hydrogen-bond donors (Lipinski definition) is 2. The van der Waals surface area contributed by atoms with E-state index in [4.69, 9.17) is 5.11 Å². The Morgan fingerprint density at radius 2 is 1.96 bits per heavy atom. The van der Waals surface area contributed by atoms with Gasteiger partial charge in [0.2, 0.25) is 5.91 Å². The fourth-order valence-corrected chi connectivity index (χ4v) is 2.96. The topological polar surface area (TPSA) is 66.4 Å². The van der Waals surface area contributed by atoms with Gasteiger partial charge in [0.15, 0.2) is 0 Å². The summed E-state index contributed by atoms with van der Waals surface area (Å²) in [6.45, 7) is 0.749. The van der Waals surface area contributed by atoms with Crippen LogP contribution >= 0.6 is 11.3 Å². The fourth-order valence-electron chi connectivity index (χ4n) is 2.10. The average Bonchev–Trinajstić information content (AvgIpc) is 2.93. The van der Waals surface area contributed by atoms with Crippen LogP contribution in [0.1, 0.15) is 33.8 Å². The Balaban J connectivity index is 2.10. The van der Waals surface area contributed by atoms with Gasteiger partial charge in [0.05, 0.1) is 12.0 Å². The lowest BCUT2D eigenvalue weighted by Crippen LogP contribution is -2.39. The van der Waals surface area contributed by atoms with E-state index in [-0.39, 0.29) is 12.0 Å². The van der Waals surface area contributed by atoms with Crippen molar-refractivity contribution in [2.24, 2.45) is 0 Å². The Bertz CT molecular complexity index is 695. The molecule has 7 heteroatoms. The lowest BCUT2D eigenvalue weighted by atomic mass is 10.0. The molecule has 1 aromatic carbocycles. The summed E-state index contributed by atoms with van der Waals surface area (Å²) >= 11 is 1.11. The van der Waals surface area contributed by atoms with Crippen molar-refractivity contribution in [3.05, 3.63) is 57.8 Å². The van der Waals surface area contributed by atoms with Gasteiger partial charge in [0, 0.05) is 17.2 Å². The van der Waals surface area contributed by atoms with Crippen molar-refractivity contribution in [1.82, 2.24) is 5.32 Å². The van der Waals surface area contributed by atoms with Crippen molar-refractivity contribution in [3.8, 4) is 0 Å². The molecule has 122 valence electrons. The van der Waals surface area contributed by atoms with Crippen LogP contribution in [-0.2, 0) is 11.2 Å². The van der Waals surface area contributed by atoms with E-state index >= 15 is 0 Å². The Morgan fingerprint density at radius 3 is 2.48 bits per heavy atom. The first-order valence-electron chi connectivity index (χ1n) is 6.80. The van der Waals surface area contributed by atoms with Gasteiger partial charge in [0.25, 0.3) is 5.92 Å². The number of amides is 1. The summed E-state index contributed by atoms with van der Waals surface area (Å²) in [5.41, 5.74) is 0.393. The summed E-state index contributed by atoms with van der Waals surface area (Å²) in [5, 5.41) is 12.6. The van der Waals surface area contributed by atoms with E-state index in [0.29, 0.717) is 10.4 Å². The molecule has 0 aliphatic heterocycles. The van der Waals surface area contributed by atoms with E-state index in [1.54, 1.807) is 18.2 Å². The Morgan fingerprint density at radius 1 is 1.30 bits per heavy atom. The van der Waals surface area contributed by atoms with Crippen molar-refractivity contribution in [2.75, 3.05) is 0 Å². The molecule has 23 heavy (non-hydrogen) atoms. The highest BCUT2D eigenvalue weighted by molar-refractivity contribution is 7.10.